The lowest BCUT2D eigenvalue weighted by atomic mass is 9.59. The molecule has 3 heteroatoms. The van der Waals surface area contributed by atoms with E-state index in [-0.39, 0.29) is 11.0 Å². The van der Waals surface area contributed by atoms with Crippen LogP contribution in [0.15, 0.2) is 23.0 Å². The molecule has 3 rings (SSSR count). The van der Waals surface area contributed by atoms with Gasteiger partial charge in [0.2, 0.25) is 0 Å². The summed E-state index contributed by atoms with van der Waals surface area (Å²) in [7, 11) is 2.09. The number of hydrogen-bond donors (Lipinski definition) is 0. The topological polar surface area (TPSA) is 25.6 Å². The van der Waals surface area contributed by atoms with Gasteiger partial charge in [-0.15, -0.1) is 0 Å². The first-order chi connectivity index (χ1) is 8.83. The molecule has 106 valence electrons. The van der Waals surface area contributed by atoms with Crippen molar-refractivity contribution in [2.24, 2.45) is 11.8 Å². The molecule has 0 bridgehead atoms. The van der Waals surface area contributed by atoms with Crippen LogP contribution in [-0.2, 0) is 10.3 Å². The fourth-order valence-electron chi connectivity index (χ4n) is 4.53. The zero-order chi connectivity index (χ0) is 13.8. The molecule has 1 aliphatic heterocycles. The van der Waals surface area contributed by atoms with Crippen LogP contribution in [0.1, 0.15) is 46.1 Å². The Morgan fingerprint density at radius 1 is 1.26 bits per heavy atom. The van der Waals surface area contributed by atoms with Gasteiger partial charge in [0.1, 0.15) is 0 Å². The summed E-state index contributed by atoms with van der Waals surface area (Å²) < 4.78 is 5.31. The third kappa shape index (κ3) is 1.95. The Morgan fingerprint density at radius 3 is 2.63 bits per heavy atom. The second-order valence-corrected chi connectivity index (χ2v) is 7.30. The highest BCUT2D eigenvalue weighted by molar-refractivity contribution is 5.23. The number of rotatable bonds is 1. The van der Waals surface area contributed by atoms with Crippen molar-refractivity contribution in [2.75, 3.05) is 7.05 Å². The number of hydroxylamine groups is 2. The first-order valence-corrected chi connectivity index (χ1v) is 7.28. The lowest BCUT2D eigenvalue weighted by Crippen LogP contribution is -2.48. The molecular weight excluding hydrogens is 238 g/mol. The summed E-state index contributed by atoms with van der Waals surface area (Å²) in [5, 5.41) is 2.10. The highest BCUT2D eigenvalue weighted by Crippen LogP contribution is 2.53. The van der Waals surface area contributed by atoms with Crippen LogP contribution in [0.5, 0.6) is 0 Å². The van der Waals surface area contributed by atoms with Crippen molar-refractivity contribution in [3.8, 4) is 0 Å². The van der Waals surface area contributed by atoms with Crippen molar-refractivity contribution in [3.63, 3.8) is 0 Å². The normalized spacial score (nSPS) is 42.3. The zero-order valence-corrected chi connectivity index (χ0v) is 12.6. The van der Waals surface area contributed by atoms with Gasteiger partial charge in [-0.25, -0.2) is 0 Å². The van der Waals surface area contributed by atoms with Gasteiger partial charge >= 0.3 is 0 Å². The molecule has 4 atom stereocenters. The van der Waals surface area contributed by atoms with Crippen molar-refractivity contribution in [1.82, 2.24) is 5.06 Å². The fourth-order valence-corrected chi connectivity index (χ4v) is 4.53. The molecule has 0 N–H and O–H groups in total. The molecule has 0 aromatic carbocycles. The maximum atomic E-state index is 6.09. The Balaban J connectivity index is 1.95. The summed E-state index contributed by atoms with van der Waals surface area (Å²) >= 11 is 0. The molecule has 2 aliphatic rings. The first-order valence-electron chi connectivity index (χ1n) is 7.28. The summed E-state index contributed by atoms with van der Waals surface area (Å²) in [5.74, 6) is 1.20. The van der Waals surface area contributed by atoms with E-state index in [1.165, 1.54) is 18.4 Å². The molecule has 2 fully saturated rings. The Labute approximate surface area is 115 Å². The van der Waals surface area contributed by atoms with Crippen molar-refractivity contribution in [3.05, 3.63) is 24.2 Å². The summed E-state index contributed by atoms with van der Waals surface area (Å²) in [4.78, 5) is 6.09. The van der Waals surface area contributed by atoms with E-state index in [0.29, 0.717) is 17.9 Å². The molecule has 0 radical (unpaired) electrons. The molecule has 3 nitrogen and oxygen atoms in total. The molecule has 1 saturated carbocycles. The van der Waals surface area contributed by atoms with Crippen molar-refractivity contribution < 1.29 is 9.25 Å². The molecule has 1 aromatic rings. The maximum Gasteiger partial charge on any atom is 0.0940 e. The Kier molecular flexibility index (Phi) is 2.84. The zero-order valence-electron chi connectivity index (χ0n) is 12.6. The molecule has 1 aromatic heterocycles. The summed E-state index contributed by atoms with van der Waals surface area (Å²) in [6, 6.07) is 2.66. The van der Waals surface area contributed by atoms with Gasteiger partial charge in [-0.05, 0) is 49.7 Å². The van der Waals surface area contributed by atoms with Crippen LogP contribution in [0.4, 0.5) is 0 Å². The minimum Gasteiger partial charge on any atom is -0.472 e. The molecule has 2 heterocycles. The van der Waals surface area contributed by atoms with Crippen LogP contribution in [0.2, 0.25) is 0 Å². The average Bonchev–Trinajstić information content (AvgIpc) is 2.86. The van der Waals surface area contributed by atoms with Crippen molar-refractivity contribution >= 4 is 0 Å². The lowest BCUT2D eigenvalue weighted by Gasteiger charge is -2.45. The van der Waals surface area contributed by atoms with Crippen LogP contribution in [0.25, 0.3) is 0 Å². The van der Waals surface area contributed by atoms with Crippen LogP contribution < -0.4 is 0 Å². The maximum absolute atomic E-state index is 6.09. The van der Waals surface area contributed by atoms with Gasteiger partial charge in [-0.3, -0.25) is 4.84 Å². The predicted molar refractivity (Wildman–Crippen MR) is 74.7 cm³/mol. The molecule has 1 saturated heterocycles. The lowest BCUT2D eigenvalue weighted by molar-refractivity contribution is -0.182. The number of hydrogen-bond acceptors (Lipinski definition) is 3. The van der Waals surface area contributed by atoms with E-state index in [2.05, 4.69) is 45.9 Å². The van der Waals surface area contributed by atoms with Crippen LogP contribution in [0, 0.1) is 11.8 Å². The van der Waals surface area contributed by atoms with Crippen molar-refractivity contribution in [1.29, 1.82) is 0 Å². The SMILES string of the molecule is C[C@H]1C[C@@](C)(c2ccoc2)C[C@@H]2[C@@H]1N(C)OC2(C)C. The second-order valence-electron chi connectivity index (χ2n) is 7.30. The monoisotopic (exact) mass is 263 g/mol. The van der Waals surface area contributed by atoms with E-state index in [9.17, 15) is 0 Å². The Morgan fingerprint density at radius 2 is 2.00 bits per heavy atom. The Hall–Kier alpha value is -0.800. The van der Waals surface area contributed by atoms with Gasteiger partial charge in [0.05, 0.1) is 18.1 Å². The van der Waals surface area contributed by atoms with Gasteiger partial charge in [-0.2, -0.15) is 5.06 Å². The molecule has 0 spiro atoms. The highest BCUT2D eigenvalue weighted by atomic mass is 16.7. The quantitative estimate of drug-likeness (QED) is 0.774. The largest absolute Gasteiger partial charge is 0.472 e. The number of furan rings is 1. The molecule has 0 unspecified atom stereocenters. The van der Waals surface area contributed by atoms with Crippen LogP contribution in [-0.4, -0.2) is 23.8 Å². The van der Waals surface area contributed by atoms with E-state index in [0.717, 1.165) is 0 Å². The first kappa shape index (κ1) is 13.2. The predicted octanol–water partition coefficient (Wildman–Crippen LogP) is 3.61. The van der Waals surface area contributed by atoms with Gasteiger partial charge in [-0.1, -0.05) is 13.8 Å². The summed E-state index contributed by atoms with van der Waals surface area (Å²) in [6.45, 7) is 9.18. The third-order valence-electron chi connectivity index (χ3n) is 5.35. The summed E-state index contributed by atoms with van der Waals surface area (Å²) in [6.07, 6.45) is 6.07. The highest BCUT2D eigenvalue weighted by Gasteiger charge is 2.55. The van der Waals surface area contributed by atoms with E-state index < -0.39 is 0 Å². The third-order valence-corrected chi connectivity index (χ3v) is 5.35. The minimum atomic E-state index is -0.0703. The van der Waals surface area contributed by atoms with E-state index >= 15 is 0 Å². The van der Waals surface area contributed by atoms with Gasteiger partial charge < -0.3 is 4.42 Å². The second kappa shape index (κ2) is 4.10. The van der Waals surface area contributed by atoms with Crippen molar-refractivity contribution in [2.45, 2.75) is 57.6 Å². The Bertz CT molecular complexity index is 453. The average molecular weight is 263 g/mol. The molecule has 1 aliphatic carbocycles. The van der Waals surface area contributed by atoms with Crippen LogP contribution in [0.3, 0.4) is 0 Å². The smallest absolute Gasteiger partial charge is 0.0940 e. The van der Waals surface area contributed by atoms with Gasteiger partial charge in [0.25, 0.3) is 0 Å². The minimum absolute atomic E-state index is 0.0703. The number of nitrogens with zero attached hydrogens (tertiary/aromatic N) is 1. The van der Waals surface area contributed by atoms with E-state index in [1.807, 2.05) is 6.26 Å². The van der Waals surface area contributed by atoms with E-state index in [4.69, 9.17) is 9.25 Å². The molecule has 19 heavy (non-hydrogen) atoms. The van der Waals surface area contributed by atoms with E-state index in [1.54, 1.807) is 6.26 Å². The summed E-state index contributed by atoms with van der Waals surface area (Å²) in [5.41, 5.74) is 1.47. The van der Waals surface area contributed by atoms with Gasteiger partial charge in [0.15, 0.2) is 0 Å². The molecule has 0 amide bonds. The van der Waals surface area contributed by atoms with Crippen LogP contribution >= 0.6 is 0 Å². The standard InChI is InChI=1S/C16H25NO2/c1-11-8-16(4,12-6-7-18-10-12)9-13-14(11)17(5)19-15(13,2)3/h6-7,10-11,13-14H,8-9H2,1-5H3/t11-,13+,14+,16+/m0/s1. The van der Waals surface area contributed by atoms with Gasteiger partial charge in [0, 0.05) is 19.0 Å². The number of fused-ring (bicyclic) bond motifs is 1. The fraction of sp³-hybridized carbons (Fsp3) is 0.750. The molecular formula is C16H25NO2.